The summed E-state index contributed by atoms with van der Waals surface area (Å²) in [4.78, 5) is 26.9. The molecule has 0 radical (unpaired) electrons. The van der Waals surface area contributed by atoms with Gasteiger partial charge in [0, 0.05) is 49.7 Å². The lowest BCUT2D eigenvalue weighted by Gasteiger charge is -2.34. The number of rotatable bonds is 7. The molecule has 1 amide bonds. The van der Waals surface area contributed by atoms with Gasteiger partial charge in [0.05, 0.1) is 29.9 Å². The molecule has 0 unspecified atom stereocenters. The van der Waals surface area contributed by atoms with Crippen LogP contribution in [0.15, 0.2) is 24.4 Å². The van der Waals surface area contributed by atoms with Crippen LogP contribution in [0, 0.1) is 10.1 Å². The number of fused-ring (bicyclic) bond motifs is 1. The van der Waals surface area contributed by atoms with E-state index < -0.39 is 4.92 Å². The van der Waals surface area contributed by atoms with E-state index in [0.29, 0.717) is 13.2 Å². The highest BCUT2D eigenvalue weighted by Crippen LogP contribution is 2.21. The minimum Gasteiger partial charge on any atom is -0.353 e. The Kier molecular flexibility index (Phi) is 6.02. The highest BCUT2D eigenvalue weighted by atomic mass is 16.6. The average molecular weight is 374 g/mol. The van der Waals surface area contributed by atoms with Crippen LogP contribution in [0.1, 0.15) is 20.3 Å². The molecule has 27 heavy (non-hydrogen) atoms. The molecular formula is C18H26N6O3. The molecule has 1 aromatic heterocycles. The smallest absolute Gasteiger partial charge is 0.270 e. The molecule has 3 rings (SSSR count). The van der Waals surface area contributed by atoms with Crippen LogP contribution in [0.3, 0.4) is 0 Å². The van der Waals surface area contributed by atoms with Crippen LogP contribution < -0.4 is 5.32 Å². The molecule has 1 aromatic carbocycles. The van der Waals surface area contributed by atoms with Crippen molar-refractivity contribution in [3.05, 3.63) is 34.5 Å². The highest BCUT2D eigenvalue weighted by Gasteiger charge is 2.20. The van der Waals surface area contributed by atoms with Crippen molar-refractivity contribution in [1.82, 2.24) is 24.9 Å². The second-order valence-electron chi connectivity index (χ2n) is 7.06. The first kappa shape index (κ1) is 19.2. The van der Waals surface area contributed by atoms with Gasteiger partial charge < -0.3 is 5.32 Å². The number of benzene rings is 1. The maximum Gasteiger partial charge on any atom is 0.270 e. The van der Waals surface area contributed by atoms with Crippen molar-refractivity contribution >= 4 is 22.5 Å². The molecule has 2 heterocycles. The number of non-ortho nitro benzene ring substituents is 1. The Balaban J connectivity index is 1.53. The molecule has 9 heteroatoms. The van der Waals surface area contributed by atoms with Gasteiger partial charge in [0.2, 0.25) is 5.91 Å². The fourth-order valence-electron chi connectivity index (χ4n) is 3.20. The number of nitro groups is 1. The molecule has 1 saturated heterocycles. The van der Waals surface area contributed by atoms with Crippen molar-refractivity contribution in [2.75, 3.05) is 32.7 Å². The summed E-state index contributed by atoms with van der Waals surface area (Å²) >= 11 is 0. The van der Waals surface area contributed by atoms with E-state index in [9.17, 15) is 14.9 Å². The number of amides is 1. The van der Waals surface area contributed by atoms with E-state index in [0.717, 1.165) is 43.5 Å². The summed E-state index contributed by atoms with van der Waals surface area (Å²) in [5.74, 6) is 0.0810. The van der Waals surface area contributed by atoms with Crippen molar-refractivity contribution in [1.29, 1.82) is 0 Å². The summed E-state index contributed by atoms with van der Waals surface area (Å²) in [6, 6.07) is 5.01. The third kappa shape index (κ3) is 4.81. The van der Waals surface area contributed by atoms with Gasteiger partial charge in [-0.1, -0.05) is 6.92 Å². The van der Waals surface area contributed by atoms with Crippen molar-refractivity contribution in [3.8, 4) is 0 Å². The zero-order valence-corrected chi connectivity index (χ0v) is 15.8. The van der Waals surface area contributed by atoms with Crippen LogP contribution in [0.5, 0.6) is 0 Å². The molecule has 1 atom stereocenters. The topological polar surface area (TPSA) is 96.5 Å². The lowest BCUT2D eigenvalue weighted by atomic mass is 10.2. The lowest BCUT2D eigenvalue weighted by molar-refractivity contribution is -0.384. The van der Waals surface area contributed by atoms with E-state index in [1.165, 1.54) is 6.07 Å². The largest absolute Gasteiger partial charge is 0.353 e. The van der Waals surface area contributed by atoms with Crippen molar-refractivity contribution in [2.45, 2.75) is 33.0 Å². The van der Waals surface area contributed by atoms with Gasteiger partial charge in [0.25, 0.3) is 5.69 Å². The molecule has 0 saturated carbocycles. The predicted molar refractivity (Wildman–Crippen MR) is 102 cm³/mol. The lowest BCUT2D eigenvalue weighted by Crippen LogP contribution is -2.50. The zero-order valence-electron chi connectivity index (χ0n) is 15.8. The first-order valence-electron chi connectivity index (χ1n) is 9.30. The maximum atomic E-state index is 12.0. The van der Waals surface area contributed by atoms with Gasteiger partial charge in [-0.05, 0) is 19.4 Å². The van der Waals surface area contributed by atoms with Gasteiger partial charge in [-0.3, -0.25) is 29.4 Å². The van der Waals surface area contributed by atoms with Crippen LogP contribution in [0.2, 0.25) is 0 Å². The van der Waals surface area contributed by atoms with Gasteiger partial charge >= 0.3 is 0 Å². The highest BCUT2D eigenvalue weighted by molar-refractivity contribution is 5.81. The Hall–Kier alpha value is -2.52. The standard InChI is InChI=1S/C18H26N6O3/c1-3-14(2)20-18(25)12-21-6-8-22(9-7-21)13-23-17-5-4-16(24(26)27)10-15(17)11-19-23/h4-5,10-11,14H,3,6-9,12-13H2,1-2H3,(H,20,25)/t14-/m1/s1. The molecule has 1 fully saturated rings. The fraction of sp³-hybridized carbons (Fsp3) is 0.556. The summed E-state index contributed by atoms with van der Waals surface area (Å²) in [5, 5.41) is 19.0. The van der Waals surface area contributed by atoms with E-state index in [4.69, 9.17) is 0 Å². The van der Waals surface area contributed by atoms with Crippen LogP contribution in [0.4, 0.5) is 5.69 Å². The molecule has 0 bridgehead atoms. The number of nitrogens with one attached hydrogen (secondary N) is 1. The minimum absolute atomic E-state index is 0.0753. The molecule has 2 aromatic rings. The predicted octanol–water partition coefficient (Wildman–Crippen LogP) is 1.43. The maximum absolute atomic E-state index is 12.0. The van der Waals surface area contributed by atoms with Crippen LogP contribution >= 0.6 is 0 Å². The van der Waals surface area contributed by atoms with Crippen LogP contribution in [0.25, 0.3) is 10.9 Å². The first-order chi connectivity index (χ1) is 13.0. The Labute approximate surface area is 158 Å². The first-order valence-corrected chi connectivity index (χ1v) is 9.30. The molecule has 1 N–H and O–H groups in total. The number of hydrogen-bond acceptors (Lipinski definition) is 6. The Morgan fingerprint density at radius 2 is 2.00 bits per heavy atom. The average Bonchev–Trinajstić information content (AvgIpc) is 3.05. The Morgan fingerprint density at radius 3 is 2.67 bits per heavy atom. The van der Waals surface area contributed by atoms with Gasteiger partial charge in [0.1, 0.15) is 0 Å². The van der Waals surface area contributed by atoms with Crippen LogP contribution in [-0.2, 0) is 11.5 Å². The number of carbonyl (C=O) groups excluding carboxylic acids is 1. The summed E-state index contributed by atoms with van der Waals surface area (Å²) in [5.41, 5.74) is 0.960. The number of nitro benzene ring substituents is 1. The monoisotopic (exact) mass is 374 g/mol. The van der Waals surface area contributed by atoms with Crippen LogP contribution in [-0.4, -0.2) is 69.2 Å². The molecule has 146 valence electrons. The number of carbonyl (C=O) groups is 1. The molecule has 0 aliphatic carbocycles. The third-order valence-corrected chi connectivity index (χ3v) is 5.02. The number of piperazine rings is 1. The molecule has 1 aliphatic heterocycles. The summed E-state index contributed by atoms with van der Waals surface area (Å²) < 4.78 is 1.87. The normalized spacial score (nSPS) is 17.1. The fourth-order valence-corrected chi connectivity index (χ4v) is 3.20. The van der Waals surface area contributed by atoms with E-state index in [1.807, 2.05) is 11.6 Å². The SMILES string of the molecule is CC[C@@H](C)NC(=O)CN1CCN(Cn2ncc3cc([N+](=O)[O-])ccc32)CC1. The van der Waals surface area contributed by atoms with E-state index in [-0.39, 0.29) is 17.6 Å². The van der Waals surface area contributed by atoms with Crippen molar-refractivity contribution in [3.63, 3.8) is 0 Å². The Bertz CT molecular complexity index is 813. The van der Waals surface area contributed by atoms with E-state index in [2.05, 4.69) is 27.1 Å². The van der Waals surface area contributed by atoms with Gasteiger partial charge in [-0.15, -0.1) is 0 Å². The second kappa shape index (κ2) is 8.45. The second-order valence-corrected chi connectivity index (χ2v) is 7.06. The van der Waals surface area contributed by atoms with Crippen molar-refractivity contribution < 1.29 is 9.72 Å². The molecule has 9 nitrogen and oxygen atoms in total. The van der Waals surface area contributed by atoms with Gasteiger partial charge in [-0.2, -0.15) is 5.10 Å². The summed E-state index contributed by atoms with van der Waals surface area (Å²) in [7, 11) is 0. The molecular weight excluding hydrogens is 348 g/mol. The third-order valence-electron chi connectivity index (χ3n) is 5.02. The number of aromatic nitrogens is 2. The summed E-state index contributed by atoms with van der Waals surface area (Å²) in [6.07, 6.45) is 2.60. The minimum atomic E-state index is -0.395. The van der Waals surface area contributed by atoms with E-state index in [1.54, 1.807) is 18.3 Å². The van der Waals surface area contributed by atoms with Crippen molar-refractivity contribution in [2.24, 2.45) is 0 Å². The van der Waals surface area contributed by atoms with Gasteiger partial charge in [-0.25, -0.2) is 0 Å². The number of hydrogen-bond donors (Lipinski definition) is 1. The molecule has 1 aliphatic rings. The molecule has 0 spiro atoms. The zero-order chi connectivity index (χ0) is 19.4. The van der Waals surface area contributed by atoms with E-state index >= 15 is 0 Å². The Morgan fingerprint density at radius 1 is 1.30 bits per heavy atom. The number of nitrogens with zero attached hydrogens (tertiary/aromatic N) is 5. The van der Waals surface area contributed by atoms with Gasteiger partial charge in [0.15, 0.2) is 0 Å². The quantitative estimate of drug-likeness (QED) is 0.582. The summed E-state index contributed by atoms with van der Waals surface area (Å²) in [6.45, 7) is 8.51.